The fourth-order valence-electron chi connectivity index (χ4n) is 1.98. The van der Waals surface area contributed by atoms with E-state index < -0.39 is 0 Å². The van der Waals surface area contributed by atoms with Gasteiger partial charge in [0, 0.05) is 12.6 Å². The first-order valence-electron chi connectivity index (χ1n) is 4.75. The second-order valence-electron chi connectivity index (χ2n) is 4.80. The fourth-order valence-corrected chi connectivity index (χ4v) is 1.98. The van der Waals surface area contributed by atoms with E-state index in [0.29, 0.717) is 17.6 Å². The van der Waals surface area contributed by atoms with Crippen molar-refractivity contribution in [3.8, 4) is 0 Å². The third-order valence-corrected chi connectivity index (χ3v) is 2.68. The van der Waals surface area contributed by atoms with Crippen LogP contribution in [0.1, 0.15) is 27.7 Å². The molecule has 1 aliphatic heterocycles. The Morgan fingerprint density at radius 1 is 1.50 bits per heavy atom. The lowest BCUT2D eigenvalue weighted by Gasteiger charge is -2.52. The predicted molar refractivity (Wildman–Crippen MR) is 51.3 cm³/mol. The van der Waals surface area contributed by atoms with Crippen molar-refractivity contribution < 1.29 is 4.74 Å². The zero-order chi connectivity index (χ0) is 9.35. The van der Waals surface area contributed by atoms with Crippen molar-refractivity contribution in [2.45, 2.75) is 39.8 Å². The Kier molecular flexibility index (Phi) is 2.79. The molecule has 72 valence electrons. The summed E-state index contributed by atoms with van der Waals surface area (Å²) in [6.45, 7) is 10.9. The Morgan fingerprint density at radius 2 is 2.08 bits per heavy atom. The van der Waals surface area contributed by atoms with E-state index >= 15 is 0 Å². The quantitative estimate of drug-likeness (QED) is 0.641. The molecular formula is C10H21NO. The normalized spacial score (nSPS) is 29.0. The second kappa shape index (κ2) is 3.35. The maximum Gasteiger partial charge on any atom is 0.0630 e. The minimum Gasteiger partial charge on any atom is -0.377 e. The van der Waals surface area contributed by atoms with Gasteiger partial charge in [-0.1, -0.05) is 13.8 Å². The zero-order valence-corrected chi connectivity index (χ0v) is 8.92. The summed E-state index contributed by atoms with van der Waals surface area (Å²) in [5, 5.41) is 0. The second-order valence-corrected chi connectivity index (χ2v) is 4.80. The minimum atomic E-state index is 0.356. The highest BCUT2D eigenvalue weighted by Crippen LogP contribution is 2.35. The van der Waals surface area contributed by atoms with Gasteiger partial charge in [0.15, 0.2) is 0 Å². The first kappa shape index (κ1) is 10.0. The van der Waals surface area contributed by atoms with Gasteiger partial charge in [-0.15, -0.1) is 0 Å². The molecule has 1 heterocycles. The van der Waals surface area contributed by atoms with Crippen LogP contribution in [0.4, 0.5) is 0 Å². The highest BCUT2D eigenvalue weighted by atomic mass is 16.5. The Labute approximate surface area is 75.9 Å². The van der Waals surface area contributed by atoms with Crippen molar-refractivity contribution in [3.05, 3.63) is 0 Å². The Bertz CT molecular complexity index is 154. The molecule has 1 aliphatic rings. The molecule has 1 fully saturated rings. The fraction of sp³-hybridized carbons (Fsp3) is 1.00. The summed E-state index contributed by atoms with van der Waals surface area (Å²) in [5.41, 5.74) is 0.448. The van der Waals surface area contributed by atoms with Crippen LogP contribution in [-0.2, 0) is 4.74 Å². The standard InChI is InChI=1S/C10H21NO/c1-8(2)12-6-9-10(3,4)7-11(9)5/h8-9H,6-7H2,1-5H3/t9-/m0/s1. The predicted octanol–water partition coefficient (Wildman–Crippen LogP) is 1.75. The maximum atomic E-state index is 5.61. The van der Waals surface area contributed by atoms with E-state index in [1.807, 2.05) is 0 Å². The molecule has 0 aliphatic carbocycles. The number of rotatable bonds is 3. The molecule has 0 amide bonds. The summed E-state index contributed by atoms with van der Waals surface area (Å²) < 4.78 is 5.61. The van der Waals surface area contributed by atoms with Crippen LogP contribution in [0.5, 0.6) is 0 Å². The zero-order valence-electron chi connectivity index (χ0n) is 8.92. The first-order valence-corrected chi connectivity index (χ1v) is 4.75. The summed E-state index contributed by atoms with van der Waals surface area (Å²) in [6.07, 6.45) is 0.356. The van der Waals surface area contributed by atoms with Gasteiger partial charge in [0.1, 0.15) is 0 Å². The lowest BCUT2D eigenvalue weighted by atomic mass is 9.76. The molecule has 0 saturated carbocycles. The minimum absolute atomic E-state index is 0.356. The molecule has 2 nitrogen and oxygen atoms in total. The van der Waals surface area contributed by atoms with E-state index in [4.69, 9.17) is 4.74 Å². The molecule has 12 heavy (non-hydrogen) atoms. The van der Waals surface area contributed by atoms with Gasteiger partial charge in [0.25, 0.3) is 0 Å². The topological polar surface area (TPSA) is 12.5 Å². The van der Waals surface area contributed by atoms with Crippen LogP contribution < -0.4 is 0 Å². The number of likely N-dealkylation sites (tertiary alicyclic amines) is 1. The number of ether oxygens (including phenoxy) is 1. The van der Waals surface area contributed by atoms with Crippen molar-refractivity contribution in [3.63, 3.8) is 0 Å². The molecule has 0 aromatic carbocycles. The summed E-state index contributed by atoms with van der Waals surface area (Å²) in [5.74, 6) is 0. The van der Waals surface area contributed by atoms with Gasteiger partial charge in [0.2, 0.25) is 0 Å². The Hall–Kier alpha value is -0.0800. The van der Waals surface area contributed by atoms with Crippen molar-refractivity contribution in [2.75, 3.05) is 20.2 Å². The van der Waals surface area contributed by atoms with Crippen LogP contribution in [0.2, 0.25) is 0 Å². The van der Waals surface area contributed by atoms with E-state index in [-0.39, 0.29) is 0 Å². The number of nitrogens with zero attached hydrogens (tertiary/aromatic N) is 1. The van der Waals surface area contributed by atoms with Crippen molar-refractivity contribution in [1.82, 2.24) is 4.90 Å². The molecular weight excluding hydrogens is 150 g/mol. The monoisotopic (exact) mass is 171 g/mol. The number of hydrogen-bond acceptors (Lipinski definition) is 2. The summed E-state index contributed by atoms with van der Waals surface area (Å²) in [7, 11) is 2.17. The maximum absolute atomic E-state index is 5.61. The molecule has 0 spiro atoms. The molecule has 0 bridgehead atoms. The summed E-state index contributed by atoms with van der Waals surface area (Å²) >= 11 is 0. The van der Waals surface area contributed by atoms with Gasteiger partial charge in [-0.25, -0.2) is 0 Å². The highest BCUT2D eigenvalue weighted by Gasteiger charge is 2.43. The highest BCUT2D eigenvalue weighted by molar-refractivity contribution is 4.96. The van der Waals surface area contributed by atoms with E-state index in [1.165, 1.54) is 6.54 Å². The van der Waals surface area contributed by atoms with E-state index in [0.717, 1.165) is 6.61 Å². The number of hydrogen-bond donors (Lipinski definition) is 0. The molecule has 0 aromatic heterocycles. The van der Waals surface area contributed by atoms with Crippen molar-refractivity contribution in [1.29, 1.82) is 0 Å². The smallest absolute Gasteiger partial charge is 0.0630 e. The van der Waals surface area contributed by atoms with Gasteiger partial charge in [-0.05, 0) is 26.3 Å². The summed E-state index contributed by atoms with van der Waals surface area (Å²) in [6, 6.07) is 0.611. The largest absolute Gasteiger partial charge is 0.377 e. The lowest BCUT2D eigenvalue weighted by Crippen LogP contribution is -2.62. The average molecular weight is 171 g/mol. The third-order valence-electron chi connectivity index (χ3n) is 2.68. The van der Waals surface area contributed by atoms with Gasteiger partial charge < -0.3 is 4.74 Å². The van der Waals surface area contributed by atoms with Crippen LogP contribution in [0.15, 0.2) is 0 Å². The van der Waals surface area contributed by atoms with Crippen molar-refractivity contribution in [2.24, 2.45) is 5.41 Å². The van der Waals surface area contributed by atoms with Gasteiger partial charge in [-0.3, -0.25) is 4.90 Å². The van der Waals surface area contributed by atoms with Crippen molar-refractivity contribution >= 4 is 0 Å². The molecule has 1 saturated heterocycles. The Balaban J connectivity index is 2.31. The first-order chi connectivity index (χ1) is 5.43. The molecule has 0 unspecified atom stereocenters. The molecule has 0 aromatic rings. The Morgan fingerprint density at radius 3 is 2.42 bits per heavy atom. The molecule has 1 rings (SSSR count). The van der Waals surface area contributed by atoms with Gasteiger partial charge in [-0.2, -0.15) is 0 Å². The van der Waals surface area contributed by atoms with Crippen LogP contribution in [0, 0.1) is 5.41 Å². The van der Waals surface area contributed by atoms with E-state index in [2.05, 4.69) is 39.6 Å². The average Bonchev–Trinajstić information content (AvgIpc) is 1.84. The number of likely N-dealkylation sites (N-methyl/N-ethyl adjacent to an activating group) is 1. The molecule has 0 radical (unpaired) electrons. The summed E-state index contributed by atoms with van der Waals surface area (Å²) in [4.78, 5) is 2.36. The van der Waals surface area contributed by atoms with Crippen LogP contribution in [-0.4, -0.2) is 37.2 Å². The third kappa shape index (κ3) is 1.99. The van der Waals surface area contributed by atoms with Crippen LogP contribution in [0.3, 0.4) is 0 Å². The molecule has 2 heteroatoms. The van der Waals surface area contributed by atoms with E-state index in [1.54, 1.807) is 0 Å². The SMILES string of the molecule is CC(C)OC[C@@H]1N(C)CC1(C)C. The van der Waals surface area contributed by atoms with Crippen LogP contribution in [0.25, 0.3) is 0 Å². The van der Waals surface area contributed by atoms with Gasteiger partial charge >= 0.3 is 0 Å². The molecule has 1 atom stereocenters. The lowest BCUT2D eigenvalue weighted by molar-refractivity contribution is -0.0870. The van der Waals surface area contributed by atoms with E-state index in [9.17, 15) is 0 Å². The van der Waals surface area contributed by atoms with Crippen LogP contribution >= 0.6 is 0 Å². The molecule has 0 N–H and O–H groups in total. The van der Waals surface area contributed by atoms with Gasteiger partial charge in [0.05, 0.1) is 12.7 Å².